The molecule has 1 saturated heterocycles. The molecule has 2 aliphatic rings. The summed E-state index contributed by atoms with van der Waals surface area (Å²) in [6.45, 7) is 4.46. The Labute approximate surface area is 227 Å². The minimum absolute atomic E-state index is 0.196. The molecule has 0 radical (unpaired) electrons. The van der Waals surface area contributed by atoms with Crippen LogP contribution >= 0.6 is 0 Å². The second-order valence-corrected chi connectivity index (χ2v) is 11.7. The van der Waals surface area contributed by atoms with E-state index in [0.717, 1.165) is 63.1 Å². The third kappa shape index (κ3) is 6.52. The SMILES string of the molecule is O=S1(=O)Nc2ccc(C(F)(F)F)c(n2)-c2ccccc2CCCCCN(CCN2CCCC2)c2cccc1n2. The van der Waals surface area contributed by atoms with E-state index in [-0.39, 0.29) is 16.5 Å². The maximum Gasteiger partial charge on any atom is 0.418 e. The van der Waals surface area contributed by atoms with E-state index in [9.17, 15) is 21.6 Å². The average Bonchev–Trinajstić information content (AvgIpc) is 3.43. The number of hydrogen-bond donors (Lipinski definition) is 1. The second kappa shape index (κ2) is 11.5. The number of nitrogens with one attached hydrogen (secondary N) is 1. The Morgan fingerprint density at radius 1 is 0.821 bits per heavy atom. The van der Waals surface area contributed by atoms with Crippen molar-refractivity contribution in [3.05, 3.63) is 65.7 Å². The van der Waals surface area contributed by atoms with E-state index in [2.05, 4.69) is 24.5 Å². The third-order valence-electron chi connectivity index (χ3n) is 7.28. The summed E-state index contributed by atoms with van der Waals surface area (Å²) in [7, 11) is -4.21. The van der Waals surface area contributed by atoms with E-state index >= 15 is 0 Å². The van der Waals surface area contributed by atoms with Gasteiger partial charge in [-0.3, -0.25) is 4.72 Å². The minimum atomic E-state index is -4.65. The Morgan fingerprint density at radius 2 is 1.59 bits per heavy atom. The van der Waals surface area contributed by atoms with E-state index in [1.54, 1.807) is 30.3 Å². The van der Waals surface area contributed by atoms with Crippen LogP contribution in [0, 0.1) is 0 Å². The van der Waals surface area contributed by atoms with Crippen LogP contribution in [0.2, 0.25) is 0 Å². The zero-order valence-electron chi connectivity index (χ0n) is 21.6. The van der Waals surface area contributed by atoms with Crippen LogP contribution in [0.4, 0.5) is 24.8 Å². The molecule has 2 aromatic heterocycles. The highest BCUT2D eigenvalue weighted by molar-refractivity contribution is 7.92. The first-order valence-corrected chi connectivity index (χ1v) is 14.8. The lowest BCUT2D eigenvalue weighted by Gasteiger charge is -2.27. The highest BCUT2D eigenvalue weighted by Gasteiger charge is 2.35. The molecule has 5 rings (SSSR count). The summed E-state index contributed by atoms with van der Waals surface area (Å²) in [5.74, 6) is 0.369. The van der Waals surface area contributed by atoms with Crippen molar-refractivity contribution in [2.45, 2.75) is 49.7 Å². The molecule has 39 heavy (non-hydrogen) atoms. The van der Waals surface area contributed by atoms with E-state index in [4.69, 9.17) is 0 Å². The van der Waals surface area contributed by atoms with Gasteiger partial charge in [-0.1, -0.05) is 36.8 Å². The van der Waals surface area contributed by atoms with Gasteiger partial charge in [-0.2, -0.15) is 21.6 Å². The van der Waals surface area contributed by atoms with Gasteiger partial charge in [-0.15, -0.1) is 0 Å². The van der Waals surface area contributed by atoms with Crippen molar-refractivity contribution in [3.63, 3.8) is 0 Å². The number of rotatable bonds is 3. The molecule has 0 saturated carbocycles. The van der Waals surface area contributed by atoms with Gasteiger partial charge >= 0.3 is 6.18 Å². The van der Waals surface area contributed by atoms with Crippen molar-refractivity contribution in [3.8, 4) is 11.3 Å². The van der Waals surface area contributed by atoms with Gasteiger partial charge in [0.25, 0.3) is 10.0 Å². The Hall–Kier alpha value is -3.18. The second-order valence-electron chi connectivity index (χ2n) is 10.0. The van der Waals surface area contributed by atoms with E-state index in [0.29, 0.717) is 24.3 Å². The number of halogens is 3. The fraction of sp³-hybridized carbons (Fsp3) is 0.429. The number of alkyl halides is 3. The van der Waals surface area contributed by atoms with Crippen molar-refractivity contribution in [2.75, 3.05) is 42.3 Å². The number of fused-ring (bicyclic) bond motifs is 6. The molecule has 11 heteroatoms. The van der Waals surface area contributed by atoms with E-state index < -0.39 is 21.8 Å². The summed E-state index contributed by atoms with van der Waals surface area (Å²) < 4.78 is 70.8. The first-order valence-electron chi connectivity index (χ1n) is 13.3. The first kappa shape index (κ1) is 27.4. The summed E-state index contributed by atoms with van der Waals surface area (Å²) in [5.41, 5.74) is -0.0984. The largest absolute Gasteiger partial charge is 0.418 e. The number of pyridine rings is 2. The number of anilines is 2. The minimum Gasteiger partial charge on any atom is -0.355 e. The number of aromatic nitrogens is 2. The quantitative estimate of drug-likeness (QED) is 0.451. The van der Waals surface area contributed by atoms with Gasteiger partial charge in [-0.25, -0.2) is 9.97 Å². The molecule has 0 unspecified atom stereocenters. The third-order valence-corrected chi connectivity index (χ3v) is 8.54. The smallest absolute Gasteiger partial charge is 0.355 e. The van der Waals surface area contributed by atoms with Crippen molar-refractivity contribution < 1.29 is 21.6 Å². The number of aryl methyl sites for hydroxylation is 1. The van der Waals surface area contributed by atoms with Crippen molar-refractivity contribution in [1.82, 2.24) is 14.9 Å². The van der Waals surface area contributed by atoms with Crippen LogP contribution in [-0.4, -0.2) is 56.0 Å². The summed E-state index contributed by atoms with van der Waals surface area (Å²) in [5, 5.41) is -0.207. The van der Waals surface area contributed by atoms with Crippen LogP contribution < -0.4 is 9.62 Å². The molecule has 2 aliphatic heterocycles. The standard InChI is InChI=1S/C28H32F3N5O2S/c29-28(30,31)23-14-15-24-32-27(23)22-11-4-3-10-21(22)9-2-1-5-18-36(20-19-35-16-6-7-17-35)25-12-8-13-26(33-25)39(37,38)34-24/h3-4,8,10-15H,1-2,5-7,9,16-20H2,(H,32,34). The van der Waals surface area contributed by atoms with E-state index in [1.807, 2.05) is 6.07 Å². The van der Waals surface area contributed by atoms with Gasteiger partial charge in [0.1, 0.15) is 11.6 Å². The molecule has 208 valence electrons. The normalized spacial score (nSPS) is 18.4. The van der Waals surface area contributed by atoms with Gasteiger partial charge in [0.2, 0.25) is 0 Å². The molecule has 0 amide bonds. The van der Waals surface area contributed by atoms with Crippen LogP contribution in [0.5, 0.6) is 0 Å². The van der Waals surface area contributed by atoms with Crippen molar-refractivity contribution in [2.24, 2.45) is 0 Å². The molecule has 4 heterocycles. The van der Waals surface area contributed by atoms with Crippen molar-refractivity contribution >= 4 is 21.7 Å². The Bertz CT molecular complexity index is 1410. The number of sulfonamides is 1. The number of likely N-dealkylation sites (tertiary alicyclic amines) is 1. The molecule has 3 aromatic rings. The highest BCUT2D eigenvalue weighted by atomic mass is 32.2. The van der Waals surface area contributed by atoms with Gasteiger partial charge < -0.3 is 9.80 Å². The van der Waals surface area contributed by atoms with Gasteiger partial charge in [0.15, 0.2) is 5.03 Å². The molecule has 4 bridgehead atoms. The molecule has 0 spiro atoms. The maximum atomic E-state index is 14.0. The molecule has 0 atom stereocenters. The van der Waals surface area contributed by atoms with Gasteiger partial charge in [0.05, 0.1) is 11.3 Å². The molecule has 1 N–H and O–H groups in total. The Balaban J connectivity index is 1.54. The fourth-order valence-corrected chi connectivity index (χ4v) is 6.21. The molecule has 1 aromatic carbocycles. The summed E-state index contributed by atoms with van der Waals surface area (Å²) in [6, 6.07) is 13.6. The zero-order valence-corrected chi connectivity index (χ0v) is 22.4. The van der Waals surface area contributed by atoms with Gasteiger partial charge in [-0.05, 0) is 75.0 Å². The Kier molecular flexibility index (Phi) is 8.08. The predicted octanol–water partition coefficient (Wildman–Crippen LogP) is 5.59. The molecular weight excluding hydrogens is 527 g/mol. The first-order chi connectivity index (χ1) is 18.7. The highest BCUT2D eigenvalue weighted by Crippen LogP contribution is 2.38. The number of hydrogen-bond acceptors (Lipinski definition) is 6. The zero-order chi connectivity index (χ0) is 27.5. The fourth-order valence-electron chi connectivity index (χ4n) is 5.24. The predicted molar refractivity (Wildman–Crippen MR) is 145 cm³/mol. The molecule has 7 nitrogen and oxygen atoms in total. The maximum absolute atomic E-state index is 14.0. The van der Waals surface area contributed by atoms with Crippen LogP contribution in [0.25, 0.3) is 11.3 Å². The average molecular weight is 560 g/mol. The topological polar surface area (TPSA) is 78.4 Å². The Morgan fingerprint density at radius 3 is 2.38 bits per heavy atom. The van der Waals surface area contributed by atoms with E-state index in [1.165, 1.54) is 18.9 Å². The summed E-state index contributed by atoms with van der Waals surface area (Å²) in [4.78, 5) is 13.2. The lowest BCUT2D eigenvalue weighted by Crippen LogP contribution is -2.35. The van der Waals surface area contributed by atoms with Gasteiger partial charge in [0, 0.05) is 25.2 Å². The van der Waals surface area contributed by atoms with Crippen LogP contribution in [-0.2, 0) is 22.6 Å². The summed E-state index contributed by atoms with van der Waals surface area (Å²) in [6.07, 6.45) is 0.846. The van der Waals surface area contributed by atoms with Crippen LogP contribution in [0.3, 0.4) is 0 Å². The number of nitrogens with zero attached hydrogens (tertiary/aromatic N) is 4. The summed E-state index contributed by atoms with van der Waals surface area (Å²) >= 11 is 0. The van der Waals surface area contributed by atoms with Crippen LogP contribution in [0.1, 0.15) is 43.2 Å². The molecule has 1 fully saturated rings. The van der Waals surface area contributed by atoms with Crippen LogP contribution in [0.15, 0.2) is 59.6 Å². The lowest BCUT2D eigenvalue weighted by molar-refractivity contribution is -0.137. The lowest BCUT2D eigenvalue weighted by atomic mass is 9.96. The molecular formula is C28H32F3N5O2S. The monoisotopic (exact) mass is 559 g/mol. The molecule has 0 aliphatic carbocycles. The number of benzene rings is 1. The van der Waals surface area contributed by atoms with Crippen molar-refractivity contribution in [1.29, 1.82) is 0 Å².